The molecule has 0 atom stereocenters. The third kappa shape index (κ3) is 1.03. The number of cyclic esters (lactones) is 2. The van der Waals surface area contributed by atoms with Crippen LogP contribution in [-0.4, -0.2) is 11.9 Å². The van der Waals surface area contributed by atoms with E-state index >= 15 is 0 Å². The van der Waals surface area contributed by atoms with Crippen LogP contribution in [0.15, 0.2) is 30.3 Å². The predicted molar refractivity (Wildman–Crippen MR) is 66.4 cm³/mol. The van der Waals surface area contributed by atoms with E-state index in [0.29, 0.717) is 11.1 Å². The van der Waals surface area contributed by atoms with Gasteiger partial charge in [0.2, 0.25) is 0 Å². The highest BCUT2D eigenvalue weighted by Crippen LogP contribution is 2.35. The molecule has 0 unspecified atom stereocenters. The van der Waals surface area contributed by atoms with Crippen LogP contribution in [-0.2, 0) is 11.2 Å². The molecule has 1 heterocycles. The Morgan fingerprint density at radius 2 is 1.61 bits per heavy atom. The lowest BCUT2D eigenvalue weighted by Crippen LogP contribution is -2.20. The lowest BCUT2D eigenvalue weighted by molar-refractivity contribution is 0.0391. The van der Waals surface area contributed by atoms with E-state index in [1.165, 1.54) is 0 Å². The zero-order valence-electron chi connectivity index (χ0n) is 9.40. The molecule has 0 fully saturated rings. The first-order valence-electron chi connectivity index (χ1n) is 5.77. The van der Waals surface area contributed by atoms with Gasteiger partial charge in [-0.2, -0.15) is 0 Å². The van der Waals surface area contributed by atoms with Crippen molar-refractivity contribution in [1.29, 1.82) is 0 Å². The molecule has 2 aromatic rings. The standard InChI is InChI=1S/C15H8O3/c16-14-10-6-4-8-2-1-3-9-5-7-11(15(17)18-14)13(10)12(8)9/h1-2,4-7H,3H2. The summed E-state index contributed by atoms with van der Waals surface area (Å²) in [6.45, 7) is 0. The third-order valence-electron chi connectivity index (χ3n) is 3.54. The van der Waals surface area contributed by atoms with Crippen molar-refractivity contribution >= 4 is 28.8 Å². The number of carbonyl (C=O) groups excluding carboxylic acids is 2. The van der Waals surface area contributed by atoms with Gasteiger partial charge in [0.15, 0.2) is 0 Å². The van der Waals surface area contributed by atoms with Crippen LogP contribution in [0, 0.1) is 0 Å². The van der Waals surface area contributed by atoms with Gasteiger partial charge in [0.1, 0.15) is 0 Å². The summed E-state index contributed by atoms with van der Waals surface area (Å²) in [7, 11) is 0. The van der Waals surface area contributed by atoms with Gasteiger partial charge in [-0.3, -0.25) is 0 Å². The van der Waals surface area contributed by atoms with Crippen LogP contribution in [0.2, 0.25) is 0 Å². The Balaban J connectivity index is 2.29. The second-order valence-electron chi connectivity index (χ2n) is 4.51. The van der Waals surface area contributed by atoms with Crippen LogP contribution in [0.5, 0.6) is 0 Å². The average Bonchev–Trinajstić information content (AvgIpc) is 2.38. The van der Waals surface area contributed by atoms with E-state index in [0.717, 1.165) is 28.3 Å². The quantitative estimate of drug-likeness (QED) is 0.521. The number of hydrogen-bond donors (Lipinski definition) is 0. The highest BCUT2D eigenvalue weighted by atomic mass is 16.6. The van der Waals surface area contributed by atoms with Crippen LogP contribution in [0.1, 0.15) is 31.8 Å². The minimum absolute atomic E-state index is 0.487. The summed E-state index contributed by atoms with van der Waals surface area (Å²) < 4.78 is 4.74. The minimum atomic E-state index is -0.550. The van der Waals surface area contributed by atoms with E-state index in [2.05, 4.69) is 6.08 Å². The molecule has 0 N–H and O–H groups in total. The molecular weight excluding hydrogens is 228 g/mol. The zero-order chi connectivity index (χ0) is 12.3. The first-order chi connectivity index (χ1) is 8.75. The van der Waals surface area contributed by atoms with Crippen molar-refractivity contribution in [1.82, 2.24) is 0 Å². The molecule has 2 aromatic carbocycles. The Labute approximate surface area is 103 Å². The van der Waals surface area contributed by atoms with Crippen molar-refractivity contribution in [2.45, 2.75) is 6.42 Å². The maximum Gasteiger partial charge on any atom is 0.346 e. The van der Waals surface area contributed by atoms with Gasteiger partial charge < -0.3 is 4.74 Å². The van der Waals surface area contributed by atoms with Gasteiger partial charge in [0, 0.05) is 5.39 Å². The van der Waals surface area contributed by atoms with Crippen LogP contribution >= 0.6 is 0 Å². The van der Waals surface area contributed by atoms with E-state index in [4.69, 9.17) is 4.74 Å². The minimum Gasteiger partial charge on any atom is -0.386 e. The van der Waals surface area contributed by atoms with E-state index < -0.39 is 11.9 Å². The molecule has 0 aromatic heterocycles. The Hall–Kier alpha value is -2.42. The summed E-state index contributed by atoms with van der Waals surface area (Å²) in [6, 6.07) is 7.32. The first kappa shape index (κ1) is 9.59. The highest BCUT2D eigenvalue weighted by molar-refractivity contribution is 6.22. The fourth-order valence-corrected chi connectivity index (χ4v) is 2.75. The monoisotopic (exact) mass is 236 g/mol. The van der Waals surface area contributed by atoms with E-state index in [1.807, 2.05) is 18.2 Å². The van der Waals surface area contributed by atoms with Gasteiger partial charge in [0.05, 0.1) is 11.1 Å². The van der Waals surface area contributed by atoms with Gasteiger partial charge in [-0.05, 0) is 35.1 Å². The first-order valence-corrected chi connectivity index (χ1v) is 5.77. The molecule has 0 saturated heterocycles. The summed E-state index contributed by atoms with van der Waals surface area (Å²) in [4.78, 5) is 23.5. The number of ether oxygens (including phenoxy) is 1. The van der Waals surface area contributed by atoms with Crippen molar-refractivity contribution in [2.75, 3.05) is 0 Å². The number of rotatable bonds is 0. The molecule has 0 saturated carbocycles. The second-order valence-corrected chi connectivity index (χ2v) is 4.51. The smallest absolute Gasteiger partial charge is 0.346 e. The van der Waals surface area contributed by atoms with Gasteiger partial charge in [0.25, 0.3) is 0 Å². The Kier molecular flexibility index (Phi) is 1.64. The molecule has 0 radical (unpaired) electrons. The van der Waals surface area contributed by atoms with Crippen LogP contribution < -0.4 is 0 Å². The lowest BCUT2D eigenvalue weighted by atomic mass is 9.87. The topological polar surface area (TPSA) is 43.4 Å². The molecule has 0 amide bonds. The summed E-state index contributed by atoms with van der Waals surface area (Å²) in [5.41, 5.74) is 3.18. The maximum absolute atomic E-state index is 11.8. The van der Waals surface area contributed by atoms with Crippen molar-refractivity contribution in [3.05, 3.63) is 52.6 Å². The normalized spacial score (nSPS) is 16.0. The molecule has 1 aliphatic carbocycles. The molecule has 1 aliphatic heterocycles. The number of carbonyl (C=O) groups is 2. The van der Waals surface area contributed by atoms with E-state index in [-0.39, 0.29) is 0 Å². The lowest BCUT2D eigenvalue weighted by Gasteiger charge is -2.20. The number of benzene rings is 2. The summed E-state index contributed by atoms with van der Waals surface area (Å²) in [6.07, 6.45) is 4.94. The summed E-state index contributed by atoms with van der Waals surface area (Å²) >= 11 is 0. The van der Waals surface area contributed by atoms with E-state index in [1.54, 1.807) is 12.1 Å². The van der Waals surface area contributed by atoms with Crippen LogP contribution in [0.25, 0.3) is 16.8 Å². The number of esters is 2. The zero-order valence-corrected chi connectivity index (χ0v) is 9.40. The molecule has 0 bridgehead atoms. The molecule has 3 heteroatoms. The van der Waals surface area contributed by atoms with Gasteiger partial charge in [-0.25, -0.2) is 9.59 Å². The average molecular weight is 236 g/mol. The molecule has 4 rings (SSSR count). The fourth-order valence-electron chi connectivity index (χ4n) is 2.75. The van der Waals surface area contributed by atoms with Crippen LogP contribution in [0.4, 0.5) is 0 Å². The van der Waals surface area contributed by atoms with Crippen LogP contribution in [0.3, 0.4) is 0 Å². The van der Waals surface area contributed by atoms with Crippen molar-refractivity contribution in [3.8, 4) is 0 Å². The summed E-state index contributed by atoms with van der Waals surface area (Å²) in [5, 5.41) is 1.76. The maximum atomic E-state index is 11.8. The van der Waals surface area contributed by atoms with E-state index in [9.17, 15) is 9.59 Å². The molecule has 86 valence electrons. The summed E-state index contributed by atoms with van der Waals surface area (Å²) in [5.74, 6) is -1.10. The second kappa shape index (κ2) is 3.07. The van der Waals surface area contributed by atoms with Crippen molar-refractivity contribution in [2.24, 2.45) is 0 Å². The number of allylic oxidation sites excluding steroid dienone is 1. The molecule has 3 nitrogen and oxygen atoms in total. The fraction of sp³-hybridized carbons (Fsp3) is 0.0667. The van der Waals surface area contributed by atoms with Crippen molar-refractivity contribution in [3.63, 3.8) is 0 Å². The third-order valence-corrected chi connectivity index (χ3v) is 3.54. The van der Waals surface area contributed by atoms with Crippen molar-refractivity contribution < 1.29 is 14.3 Å². The highest BCUT2D eigenvalue weighted by Gasteiger charge is 2.29. The molecule has 0 spiro atoms. The van der Waals surface area contributed by atoms with Gasteiger partial charge in [-0.1, -0.05) is 24.3 Å². The molecule has 18 heavy (non-hydrogen) atoms. The molecular formula is C15H8O3. The molecule has 2 aliphatic rings. The van der Waals surface area contributed by atoms with Gasteiger partial charge in [-0.15, -0.1) is 0 Å². The number of hydrogen-bond acceptors (Lipinski definition) is 3. The Morgan fingerprint density at radius 3 is 2.39 bits per heavy atom. The van der Waals surface area contributed by atoms with Gasteiger partial charge >= 0.3 is 11.9 Å². The largest absolute Gasteiger partial charge is 0.386 e. The Morgan fingerprint density at radius 1 is 0.889 bits per heavy atom. The Bertz CT molecular complexity index is 749. The predicted octanol–water partition coefficient (Wildman–Crippen LogP) is 2.72. The SMILES string of the molecule is O=C1OC(=O)c2ccc3c4c(ccc1c24)C=CC3.